The van der Waals surface area contributed by atoms with Crippen LogP contribution in [0.25, 0.3) is 10.9 Å². The smallest absolute Gasteiger partial charge is 0.175 e. The number of sulfone groups is 1. The highest BCUT2D eigenvalue weighted by molar-refractivity contribution is 7.90. The molecule has 1 unspecified atom stereocenters. The van der Waals surface area contributed by atoms with Gasteiger partial charge in [0.15, 0.2) is 9.84 Å². The lowest BCUT2D eigenvalue weighted by atomic mass is 10.0. The molecule has 1 heterocycles. The Morgan fingerprint density at radius 1 is 1.37 bits per heavy atom. The van der Waals surface area contributed by atoms with E-state index in [0.717, 1.165) is 28.6 Å². The largest absolute Gasteiger partial charge is 0.348 e. The lowest BCUT2D eigenvalue weighted by Crippen LogP contribution is -2.18. The van der Waals surface area contributed by atoms with Gasteiger partial charge >= 0.3 is 0 Å². The molecule has 1 aromatic heterocycles. The highest BCUT2D eigenvalue weighted by Crippen LogP contribution is 2.28. The first-order valence-electron chi connectivity index (χ1n) is 6.25. The van der Waals surface area contributed by atoms with Crippen LogP contribution in [0.15, 0.2) is 23.1 Å². The summed E-state index contributed by atoms with van der Waals surface area (Å²) in [5.74, 6) is 0. The first-order valence-corrected chi connectivity index (χ1v) is 8.14. The number of aryl methyl sites for hydroxylation is 1. The Balaban J connectivity index is 2.76. The maximum Gasteiger partial charge on any atom is 0.175 e. The molecule has 1 aromatic carbocycles. The van der Waals surface area contributed by atoms with Crippen molar-refractivity contribution in [2.75, 3.05) is 6.26 Å². The van der Waals surface area contributed by atoms with Crippen LogP contribution in [0.1, 0.15) is 18.2 Å². The summed E-state index contributed by atoms with van der Waals surface area (Å²) in [6.07, 6.45) is 1.98. The van der Waals surface area contributed by atoms with Crippen molar-refractivity contribution in [1.29, 1.82) is 0 Å². The molecule has 0 amide bonds. The molecule has 0 saturated carbocycles. The quantitative estimate of drug-likeness (QED) is 0.932. The predicted molar refractivity (Wildman–Crippen MR) is 78.1 cm³/mol. The molecule has 104 valence electrons. The third-order valence-electron chi connectivity index (χ3n) is 3.55. The number of hydrogen-bond acceptors (Lipinski definition) is 3. The van der Waals surface area contributed by atoms with Gasteiger partial charge in [0, 0.05) is 35.9 Å². The van der Waals surface area contributed by atoms with Crippen molar-refractivity contribution >= 4 is 20.7 Å². The van der Waals surface area contributed by atoms with Crippen molar-refractivity contribution < 1.29 is 8.42 Å². The molecule has 0 radical (unpaired) electrons. The third-order valence-corrected chi connectivity index (χ3v) is 4.66. The van der Waals surface area contributed by atoms with Crippen LogP contribution < -0.4 is 5.73 Å². The molecule has 0 aliphatic carbocycles. The Kier molecular flexibility index (Phi) is 3.45. The molecule has 0 fully saturated rings. The molecule has 5 heteroatoms. The van der Waals surface area contributed by atoms with E-state index in [-0.39, 0.29) is 6.04 Å². The Labute approximate surface area is 114 Å². The van der Waals surface area contributed by atoms with Gasteiger partial charge in [-0.15, -0.1) is 0 Å². The number of hydrogen-bond donors (Lipinski definition) is 1. The zero-order chi connectivity index (χ0) is 14.4. The van der Waals surface area contributed by atoms with E-state index in [0.29, 0.717) is 4.90 Å². The standard InChI is InChI=1S/C14H20N2O2S/c1-9(15)7-12-10(2)16(3)14-6-5-11(8-13(12)14)19(4,17)18/h5-6,8-9H,7,15H2,1-4H3. The van der Waals surface area contributed by atoms with E-state index in [1.807, 2.05) is 27.0 Å². The Bertz CT molecular complexity index is 727. The molecule has 0 aliphatic heterocycles. The Hall–Kier alpha value is -1.33. The lowest BCUT2D eigenvalue weighted by Gasteiger charge is -2.06. The highest BCUT2D eigenvalue weighted by atomic mass is 32.2. The first kappa shape index (κ1) is 14.1. The SMILES string of the molecule is Cc1c(CC(C)N)c2cc(S(C)(=O)=O)ccc2n1C. The average Bonchev–Trinajstić information content (AvgIpc) is 2.53. The van der Waals surface area contributed by atoms with E-state index in [1.54, 1.807) is 12.1 Å². The molecule has 1 atom stereocenters. The van der Waals surface area contributed by atoms with Crippen molar-refractivity contribution in [2.24, 2.45) is 12.8 Å². The van der Waals surface area contributed by atoms with Gasteiger partial charge in [0.2, 0.25) is 0 Å². The van der Waals surface area contributed by atoms with E-state index in [2.05, 4.69) is 4.57 Å². The van der Waals surface area contributed by atoms with Crippen molar-refractivity contribution in [3.63, 3.8) is 0 Å². The van der Waals surface area contributed by atoms with E-state index < -0.39 is 9.84 Å². The topological polar surface area (TPSA) is 65.1 Å². The van der Waals surface area contributed by atoms with E-state index >= 15 is 0 Å². The predicted octanol–water partition coefficient (Wildman–Crippen LogP) is 1.78. The fourth-order valence-electron chi connectivity index (χ4n) is 2.44. The van der Waals surface area contributed by atoms with Gasteiger partial charge in [0.25, 0.3) is 0 Å². The summed E-state index contributed by atoms with van der Waals surface area (Å²) in [6.45, 7) is 4.00. The lowest BCUT2D eigenvalue weighted by molar-refractivity contribution is 0.602. The summed E-state index contributed by atoms with van der Waals surface area (Å²) in [6, 6.07) is 5.33. The van der Waals surface area contributed by atoms with E-state index in [9.17, 15) is 8.42 Å². The average molecular weight is 280 g/mol. The van der Waals surface area contributed by atoms with Gasteiger partial charge in [-0.2, -0.15) is 0 Å². The summed E-state index contributed by atoms with van der Waals surface area (Å²) >= 11 is 0. The molecule has 2 rings (SSSR count). The maximum atomic E-state index is 11.7. The first-order chi connectivity index (χ1) is 8.71. The minimum Gasteiger partial charge on any atom is -0.348 e. The van der Waals surface area contributed by atoms with Crippen LogP contribution in [0.4, 0.5) is 0 Å². The van der Waals surface area contributed by atoms with Crippen LogP contribution in [-0.4, -0.2) is 25.3 Å². The molecule has 2 N–H and O–H groups in total. The van der Waals surface area contributed by atoms with Gasteiger partial charge in [-0.3, -0.25) is 0 Å². The molecular formula is C14H20N2O2S. The molecule has 4 nitrogen and oxygen atoms in total. The number of benzene rings is 1. The third kappa shape index (κ3) is 2.53. The Morgan fingerprint density at radius 3 is 2.53 bits per heavy atom. The minimum atomic E-state index is -3.18. The summed E-state index contributed by atoms with van der Waals surface area (Å²) in [7, 11) is -1.20. The summed E-state index contributed by atoms with van der Waals surface area (Å²) < 4.78 is 25.4. The molecule has 0 aliphatic rings. The molecular weight excluding hydrogens is 260 g/mol. The number of aromatic nitrogens is 1. The van der Waals surface area contributed by atoms with Crippen LogP contribution >= 0.6 is 0 Å². The van der Waals surface area contributed by atoms with Crippen molar-refractivity contribution in [2.45, 2.75) is 31.2 Å². The van der Waals surface area contributed by atoms with Gasteiger partial charge < -0.3 is 10.3 Å². The molecule has 0 bridgehead atoms. The number of nitrogens with zero attached hydrogens (tertiary/aromatic N) is 1. The number of nitrogens with two attached hydrogens (primary N) is 1. The number of rotatable bonds is 3. The van der Waals surface area contributed by atoms with Crippen LogP contribution in [0.5, 0.6) is 0 Å². The van der Waals surface area contributed by atoms with Crippen LogP contribution in [0.3, 0.4) is 0 Å². The number of fused-ring (bicyclic) bond motifs is 1. The Morgan fingerprint density at radius 2 is 2.00 bits per heavy atom. The van der Waals surface area contributed by atoms with Crippen molar-refractivity contribution in [1.82, 2.24) is 4.57 Å². The van der Waals surface area contributed by atoms with Crippen LogP contribution in [0.2, 0.25) is 0 Å². The van der Waals surface area contributed by atoms with Crippen molar-refractivity contribution in [3.05, 3.63) is 29.5 Å². The van der Waals surface area contributed by atoms with Crippen molar-refractivity contribution in [3.8, 4) is 0 Å². The zero-order valence-electron chi connectivity index (χ0n) is 11.8. The second-order valence-electron chi connectivity index (χ2n) is 5.26. The van der Waals surface area contributed by atoms with Crippen LogP contribution in [0, 0.1) is 6.92 Å². The molecule has 0 saturated heterocycles. The minimum absolute atomic E-state index is 0.0474. The van der Waals surface area contributed by atoms with E-state index in [4.69, 9.17) is 5.73 Å². The van der Waals surface area contributed by atoms with Gasteiger partial charge in [-0.25, -0.2) is 8.42 Å². The maximum absolute atomic E-state index is 11.7. The molecule has 0 spiro atoms. The fraction of sp³-hybridized carbons (Fsp3) is 0.429. The second kappa shape index (κ2) is 4.65. The van der Waals surface area contributed by atoms with Crippen LogP contribution in [-0.2, 0) is 23.3 Å². The van der Waals surface area contributed by atoms with E-state index in [1.165, 1.54) is 6.26 Å². The summed E-state index contributed by atoms with van der Waals surface area (Å²) in [4.78, 5) is 0.358. The summed E-state index contributed by atoms with van der Waals surface area (Å²) in [5.41, 5.74) is 9.21. The monoisotopic (exact) mass is 280 g/mol. The van der Waals surface area contributed by atoms with Gasteiger partial charge in [-0.05, 0) is 44.0 Å². The highest BCUT2D eigenvalue weighted by Gasteiger charge is 2.16. The van der Waals surface area contributed by atoms with Gasteiger partial charge in [-0.1, -0.05) is 0 Å². The summed E-state index contributed by atoms with van der Waals surface area (Å²) in [5, 5.41) is 0.986. The van der Waals surface area contributed by atoms with Gasteiger partial charge in [0.05, 0.1) is 4.90 Å². The molecule has 2 aromatic rings. The molecule has 19 heavy (non-hydrogen) atoms. The zero-order valence-corrected chi connectivity index (χ0v) is 12.6. The second-order valence-corrected chi connectivity index (χ2v) is 7.27. The fourth-order valence-corrected chi connectivity index (χ4v) is 3.08. The normalized spacial score (nSPS) is 13.9. The van der Waals surface area contributed by atoms with Gasteiger partial charge in [0.1, 0.15) is 0 Å².